The van der Waals surface area contributed by atoms with Gasteiger partial charge in [-0.05, 0) is 69.6 Å². The number of benzene rings is 2. The van der Waals surface area contributed by atoms with Crippen LogP contribution in [-0.4, -0.2) is 69.4 Å². The van der Waals surface area contributed by atoms with E-state index in [0.717, 1.165) is 31.4 Å². The first-order valence-corrected chi connectivity index (χ1v) is 14.4. The Bertz CT molecular complexity index is 1170. The van der Waals surface area contributed by atoms with Gasteiger partial charge < -0.3 is 10.4 Å². The Morgan fingerprint density at radius 2 is 1.54 bits per heavy atom. The average Bonchev–Trinajstić information content (AvgIpc) is 3.16. The molecule has 3 aliphatic rings. The van der Waals surface area contributed by atoms with Crippen molar-refractivity contribution in [1.82, 2.24) is 15.1 Å². The summed E-state index contributed by atoms with van der Waals surface area (Å²) in [7, 11) is 0. The molecule has 2 heterocycles. The molecular formula is C32H41N3O4. The summed E-state index contributed by atoms with van der Waals surface area (Å²) >= 11 is 0. The van der Waals surface area contributed by atoms with Crippen molar-refractivity contribution < 1.29 is 19.5 Å². The van der Waals surface area contributed by atoms with Crippen LogP contribution >= 0.6 is 0 Å². The molecule has 1 saturated carbocycles. The predicted octanol–water partition coefficient (Wildman–Crippen LogP) is 4.05. The Balaban J connectivity index is 1.43. The molecular weight excluding hydrogens is 490 g/mol. The zero-order valence-electron chi connectivity index (χ0n) is 23.3. The maximum Gasteiger partial charge on any atom is 0.261 e. The molecule has 0 unspecified atom stereocenters. The van der Waals surface area contributed by atoms with Crippen LogP contribution in [0.25, 0.3) is 0 Å². The van der Waals surface area contributed by atoms with Gasteiger partial charge in [0.15, 0.2) is 0 Å². The molecule has 0 radical (unpaired) electrons. The summed E-state index contributed by atoms with van der Waals surface area (Å²) < 4.78 is 0. The van der Waals surface area contributed by atoms with E-state index in [2.05, 4.69) is 10.2 Å². The number of imide groups is 1. The first kappa shape index (κ1) is 27.5. The molecule has 5 atom stereocenters. The van der Waals surface area contributed by atoms with E-state index in [1.165, 1.54) is 17.7 Å². The molecule has 0 bridgehead atoms. The van der Waals surface area contributed by atoms with Crippen molar-refractivity contribution in [3.63, 3.8) is 0 Å². The van der Waals surface area contributed by atoms with Gasteiger partial charge in [-0.1, -0.05) is 61.7 Å². The molecule has 0 aromatic heterocycles. The van der Waals surface area contributed by atoms with Crippen molar-refractivity contribution >= 4 is 17.7 Å². The highest BCUT2D eigenvalue weighted by Crippen LogP contribution is 2.39. The van der Waals surface area contributed by atoms with Crippen LogP contribution in [0.1, 0.15) is 79.2 Å². The average molecular weight is 532 g/mol. The second-order valence-corrected chi connectivity index (χ2v) is 12.6. The zero-order valence-corrected chi connectivity index (χ0v) is 23.3. The maximum absolute atomic E-state index is 13.5. The van der Waals surface area contributed by atoms with Crippen molar-refractivity contribution in [3.8, 4) is 0 Å². The van der Waals surface area contributed by atoms with Crippen LogP contribution in [0.3, 0.4) is 0 Å². The molecule has 7 heteroatoms. The van der Waals surface area contributed by atoms with Crippen LogP contribution in [0.4, 0.5) is 0 Å². The minimum Gasteiger partial charge on any atom is -0.390 e. The molecule has 208 valence electrons. The number of rotatable bonds is 7. The Kier molecular flexibility index (Phi) is 7.92. The van der Waals surface area contributed by atoms with Gasteiger partial charge in [0.2, 0.25) is 5.91 Å². The number of nitrogens with one attached hydrogen (secondary N) is 1. The van der Waals surface area contributed by atoms with Gasteiger partial charge in [-0.15, -0.1) is 0 Å². The Labute approximate surface area is 231 Å². The standard InChI is InChI=1S/C32H41N3O4/c1-32(2,3)33-29(37)27-18-22-13-7-8-14-23(22)19-34(27)20-28(36)26(17-21-11-5-4-6-12-21)35-30(38)24-15-9-10-16-25(24)31(35)39/h4-6,9-12,15-16,22-23,26-28,36H,7-8,13-14,17-20H2,1-3H3,(H,33,37)/t22-,23+,26-,27-,28+/m0/s1. The highest BCUT2D eigenvalue weighted by Gasteiger charge is 2.45. The summed E-state index contributed by atoms with van der Waals surface area (Å²) in [5, 5.41) is 15.0. The lowest BCUT2D eigenvalue weighted by Crippen LogP contribution is -2.60. The third kappa shape index (κ3) is 5.94. The first-order chi connectivity index (χ1) is 18.6. The fourth-order valence-electron chi connectivity index (χ4n) is 6.75. The highest BCUT2D eigenvalue weighted by atomic mass is 16.3. The molecule has 7 nitrogen and oxygen atoms in total. The maximum atomic E-state index is 13.5. The van der Waals surface area contributed by atoms with Crippen molar-refractivity contribution in [2.24, 2.45) is 11.8 Å². The van der Waals surface area contributed by atoms with E-state index >= 15 is 0 Å². The molecule has 2 aliphatic heterocycles. The summed E-state index contributed by atoms with van der Waals surface area (Å²) in [5.74, 6) is 0.252. The second-order valence-electron chi connectivity index (χ2n) is 12.6. The number of fused-ring (bicyclic) bond motifs is 2. The smallest absolute Gasteiger partial charge is 0.261 e. The van der Waals surface area contributed by atoms with E-state index in [9.17, 15) is 19.5 Å². The number of carbonyl (C=O) groups excluding carboxylic acids is 3. The third-order valence-corrected chi connectivity index (χ3v) is 8.61. The fraction of sp³-hybridized carbons (Fsp3) is 0.531. The number of nitrogens with zero attached hydrogens (tertiary/aromatic N) is 2. The molecule has 1 aliphatic carbocycles. The van der Waals surface area contributed by atoms with E-state index in [1.807, 2.05) is 51.1 Å². The van der Waals surface area contributed by atoms with Crippen LogP contribution in [0.15, 0.2) is 54.6 Å². The molecule has 5 rings (SSSR count). The second kappa shape index (κ2) is 11.2. The summed E-state index contributed by atoms with van der Waals surface area (Å²) in [6.07, 6.45) is 4.78. The Morgan fingerprint density at radius 1 is 0.949 bits per heavy atom. The van der Waals surface area contributed by atoms with Crippen LogP contribution < -0.4 is 5.32 Å². The summed E-state index contributed by atoms with van der Waals surface area (Å²) in [6.45, 7) is 6.90. The molecule has 2 aromatic carbocycles. The lowest BCUT2D eigenvalue weighted by atomic mass is 9.72. The quantitative estimate of drug-likeness (QED) is 0.526. The molecule has 2 fully saturated rings. The highest BCUT2D eigenvalue weighted by molar-refractivity contribution is 6.21. The van der Waals surface area contributed by atoms with E-state index in [-0.39, 0.29) is 35.8 Å². The molecule has 1 saturated heterocycles. The van der Waals surface area contributed by atoms with E-state index in [4.69, 9.17) is 0 Å². The van der Waals surface area contributed by atoms with Crippen LogP contribution in [0.2, 0.25) is 0 Å². The number of hydrogen-bond acceptors (Lipinski definition) is 5. The number of carbonyl (C=O) groups is 3. The number of amides is 3. The van der Waals surface area contributed by atoms with E-state index in [1.54, 1.807) is 24.3 Å². The number of β-amino-alcohol motifs (C(OH)–C–C–N with tert-alkyl or cyclic N) is 1. The first-order valence-electron chi connectivity index (χ1n) is 14.4. The largest absolute Gasteiger partial charge is 0.390 e. The van der Waals surface area contributed by atoms with Gasteiger partial charge in [0.05, 0.1) is 29.3 Å². The van der Waals surface area contributed by atoms with Crippen LogP contribution in [-0.2, 0) is 11.2 Å². The minimum atomic E-state index is -1.02. The van der Waals surface area contributed by atoms with Gasteiger partial charge in [-0.25, -0.2) is 0 Å². The van der Waals surface area contributed by atoms with Crippen LogP contribution in [0, 0.1) is 11.8 Å². The SMILES string of the molecule is CC(C)(C)NC(=O)[C@@H]1C[C@@H]2CCCC[C@@H]2CN1C[C@@H](O)[C@H](Cc1ccccc1)N1C(=O)c2ccccc2C1=O. The normalized spacial score (nSPS) is 25.1. The fourth-order valence-corrected chi connectivity index (χ4v) is 6.75. The van der Waals surface area contributed by atoms with Gasteiger partial charge in [0, 0.05) is 18.6 Å². The number of hydrogen-bond donors (Lipinski definition) is 2. The zero-order chi connectivity index (χ0) is 27.7. The lowest BCUT2D eigenvalue weighted by Gasteiger charge is -2.47. The van der Waals surface area contributed by atoms with Crippen molar-refractivity contribution in [2.75, 3.05) is 13.1 Å². The minimum absolute atomic E-state index is 0.0148. The molecule has 2 aromatic rings. The van der Waals surface area contributed by atoms with Crippen LogP contribution in [0.5, 0.6) is 0 Å². The number of piperidine rings is 1. The van der Waals surface area contributed by atoms with Gasteiger partial charge in [-0.2, -0.15) is 0 Å². The summed E-state index contributed by atoms with van der Waals surface area (Å²) in [5.41, 5.74) is 1.32. The Hall–Kier alpha value is -3.03. The van der Waals surface area contributed by atoms with Crippen molar-refractivity contribution in [2.45, 2.75) is 83.0 Å². The predicted molar refractivity (Wildman–Crippen MR) is 150 cm³/mol. The van der Waals surface area contributed by atoms with Crippen molar-refractivity contribution in [1.29, 1.82) is 0 Å². The van der Waals surface area contributed by atoms with Gasteiger partial charge in [0.25, 0.3) is 11.8 Å². The van der Waals surface area contributed by atoms with Gasteiger partial charge in [0.1, 0.15) is 0 Å². The number of aliphatic hydroxyl groups excluding tert-OH is 1. The summed E-state index contributed by atoms with van der Waals surface area (Å²) in [4.78, 5) is 43.8. The van der Waals surface area contributed by atoms with Gasteiger partial charge in [-0.3, -0.25) is 24.2 Å². The van der Waals surface area contributed by atoms with E-state index < -0.39 is 12.1 Å². The van der Waals surface area contributed by atoms with Crippen molar-refractivity contribution in [3.05, 3.63) is 71.3 Å². The molecule has 2 N–H and O–H groups in total. The lowest BCUT2D eigenvalue weighted by molar-refractivity contribution is -0.132. The third-order valence-electron chi connectivity index (χ3n) is 8.61. The van der Waals surface area contributed by atoms with Gasteiger partial charge >= 0.3 is 0 Å². The Morgan fingerprint density at radius 3 is 2.15 bits per heavy atom. The molecule has 0 spiro atoms. The number of likely N-dealkylation sites (tertiary alicyclic amines) is 1. The monoisotopic (exact) mass is 531 g/mol. The molecule has 39 heavy (non-hydrogen) atoms. The topological polar surface area (TPSA) is 90.0 Å². The summed E-state index contributed by atoms with van der Waals surface area (Å²) in [6, 6.07) is 15.4. The van der Waals surface area contributed by atoms with E-state index in [0.29, 0.717) is 29.4 Å². The number of aliphatic hydroxyl groups is 1. The molecule has 3 amide bonds.